The number of piperidine rings is 1. The third-order valence-electron chi connectivity index (χ3n) is 5.97. The first kappa shape index (κ1) is 24.4. The first-order chi connectivity index (χ1) is 15.7. The highest BCUT2D eigenvalue weighted by Crippen LogP contribution is 2.25. The minimum absolute atomic E-state index is 0.0140. The number of anilines is 2. The Morgan fingerprint density at radius 3 is 2.42 bits per heavy atom. The van der Waals surface area contributed by atoms with Crippen molar-refractivity contribution < 1.29 is 23.1 Å². The fourth-order valence-electron chi connectivity index (χ4n) is 4.01. The molecular weight excluding hydrogens is 432 g/mol. The van der Waals surface area contributed by atoms with Crippen LogP contribution < -0.4 is 27.3 Å². The number of nitrogens with two attached hydrogens (primary N) is 3. The van der Waals surface area contributed by atoms with Crippen molar-refractivity contribution in [2.45, 2.75) is 25.4 Å². The third-order valence-corrected chi connectivity index (χ3v) is 5.97. The number of halogens is 2. The molecule has 0 radical (unpaired) electrons. The summed E-state index contributed by atoms with van der Waals surface area (Å²) >= 11 is 0. The predicted octanol–water partition coefficient (Wildman–Crippen LogP) is 1.68. The number of carbonyl (C=O) groups is 2. The molecule has 2 aromatic carbocycles. The Kier molecular flexibility index (Phi) is 7.83. The van der Waals surface area contributed by atoms with Gasteiger partial charge in [0.15, 0.2) is 17.4 Å². The van der Waals surface area contributed by atoms with Gasteiger partial charge in [-0.15, -0.1) is 0 Å². The van der Waals surface area contributed by atoms with E-state index in [1.165, 1.54) is 0 Å². The average Bonchev–Trinajstić information content (AvgIpc) is 2.79. The van der Waals surface area contributed by atoms with Crippen LogP contribution in [0.3, 0.4) is 0 Å². The fourth-order valence-corrected chi connectivity index (χ4v) is 4.01. The van der Waals surface area contributed by atoms with Crippen LogP contribution in [0.4, 0.5) is 20.2 Å². The van der Waals surface area contributed by atoms with Gasteiger partial charge in [-0.1, -0.05) is 6.07 Å². The zero-order chi connectivity index (χ0) is 24.1. The number of nitrogens with one attached hydrogen (secondary N) is 1. The second kappa shape index (κ2) is 10.6. The van der Waals surface area contributed by atoms with Crippen molar-refractivity contribution >= 4 is 23.1 Å². The van der Waals surface area contributed by atoms with Crippen molar-refractivity contribution in [1.29, 1.82) is 0 Å². The Morgan fingerprint density at radius 1 is 1.12 bits per heavy atom. The van der Waals surface area contributed by atoms with Gasteiger partial charge in [0.1, 0.15) is 5.75 Å². The van der Waals surface area contributed by atoms with Gasteiger partial charge in [-0.3, -0.25) is 14.5 Å². The number of nitrogen functional groups attached to an aromatic ring is 2. The number of Topliss-reactive ketones (excluding diaryl/α,β-unsaturated/α-hetero) is 1. The Hall–Kier alpha value is -3.24. The molecule has 3 rings (SSSR count). The summed E-state index contributed by atoms with van der Waals surface area (Å²) in [5, 5.41) is 2.39. The molecule has 1 amide bonds. The van der Waals surface area contributed by atoms with Crippen molar-refractivity contribution in [2.75, 3.05) is 38.2 Å². The second-order valence-corrected chi connectivity index (χ2v) is 8.22. The van der Waals surface area contributed by atoms with E-state index in [9.17, 15) is 18.4 Å². The smallest absolute Gasteiger partial charge is 0.253 e. The maximum absolute atomic E-state index is 13.4. The topological polar surface area (TPSA) is 137 Å². The first-order valence-corrected chi connectivity index (χ1v) is 10.6. The Labute approximate surface area is 191 Å². The molecule has 2 aromatic rings. The van der Waals surface area contributed by atoms with Gasteiger partial charge in [0, 0.05) is 18.3 Å². The molecule has 1 saturated heterocycles. The van der Waals surface area contributed by atoms with Crippen molar-refractivity contribution in [3.8, 4) is 5.75 Å². The van der Waals surface area contributed by atoms with Gasteiger partial charge in [0.05, 0.1) is 30.9 Å². The van der Waals surface area contributed by atoms with Crippen molar-refractivity contribution in [3.05, 3.63) is 53.1 Å². The molecular formula is C23H29F2N5O3. The van der Waals surface area contributed by atoms with Crippen LogP contribution in [0.5, 0.6) is 5.75 Å². The summed E-state index contributed by atoms with van der Waals surface area (Å²) in [7, 11) is 1.57. The standard InChI is InChI=1S/C23H29F2N5O3/c1-33-21-3-2-13(8-19(21)27)12-30-6-4-14(5-7-30)22(28)20(31)11-29-23(32)15-9-16(24)17(25)10-18(15)26/h2-3,8-10,14,22H,4-7,11-12,26-28H2,1H3,(H,29,32). The number of nitrogens with zero attached hydrogens (tertiary/aromatic N) is 1. The summed E-state index contributed by atoms with van der Waals surface area (Å²) < 4.78 is 31.8. The van der Waals surface area contributed by atoms with Gasteiger partial charge in [-0.2, -0.15) is 0 Å². The second-order valence-electron chi connectivity index (χ2n) is 8.22. The number of rotatable bonds is 8. The van der Waals surface area contributed by atoms with Crippen LogP contribution in [0.15, 0.2) is 30.3 Å². The number of ketones is 1. The minimum Gasteiger partial charge on any atom is -0.495 e. The number of carbonyl (C=O) groups excluding carboxylic acids is 2. The summed E-state index contributed by atoms with van der Waals surface area (Å²) in [6.45, 7) is 1.96. The van der Waals surface area contributed by atoms with Crippen molar-refractivity contribution in [3.63, 3.8) is 0 Å². The maximum atomic E-state index is 13.4. The van der Waals surface area contributed by atoms with Gasteiger partial charge in [0.25, 0.3) is 5.91 Å². The molecule has 178 valence electrons. The van der Waals surface area contributed by atoms with E-state index in [-0.39, 0.29) is 29.5 Å². The van der Waals surface area contributed by atoms with E-state index in [1.54, 1.807) is 7.11 Å². The highest BCUT2D eigenvalue weighted by molar-refractivity contribution is 6.01. The predicted molar refractivity (Wildman–Crippen MR) is 121 cm³/mol. The SMILES string of the molecule is COc1ccc(CN2CCC(C(N)C(=O)CNC(=O)c3cc(F)c(F)cc3N)CC2)cc1N. The lowest BCUT2D eigenvalue weighted by Gasteiger charge is -2.34. The highest BCUT2D eigenvalue weighted by Gasteiger charge is 2.29. The molecule has 0 spiro atoms. The van der Waals surface area contributed by atoms with Gasteiger partial charge < -0.3 is 27.3 Å². The molecule has 0 aromatic heterocycles. The summed E-state index contributed by atoms with van der Waals surface area (Å²) in [5.74, 6) is -2.81. The molecule has 7 N–H and O–H groups in total. The minimum atomic E-state index is -1.19. The van der Waals surface area contributed by atoms with Gasteiger partial charge in [0.2, 0.25) is 0 Å². The van der Waals surface area contributed by atoms with Crippen LogP contribution in [0.2, 0.25) is 0 Å². The molecule has 10 heteroatoms. The molecule has 33 heavy (non-hydrogen) atoms. The molecule has 1 aliphatic rings. The molecule has 1 unspecified atom stereocenters. The third kappa shape index (κ3) is 5.96. The summed E-state index contributed by atoms with van der Waals surface area (Å²) in [5.41, 5.74) is 18.9. The van der Waals surface area contributed by atoms with E-state index in [1.807, 2.05) is 18.2 Å². The monoisotopic (exact) mass is 461 g/mol. The van der Waals surface area contributed by atoms with Crippen molar-refractivity contribution in [1.82, 2.24) is 10.2 Å². The lowest BCUT2D eigenvalue weighted by Crippen LogP contribution is -2.47. The summed E-state index contributed by atoms with van der Waals surface area (Å²) in [6.07, 6.45) is 1.48. The Morgan fingerprint density at radius 2 is 1.79 bits per heavy atom. The molecule has 1 aliphatic heterocycles. The lowest BCUT2D eigenvalue weighted by atomic mass is 9.87. The number of benzene rings is 2. The molecule has 1 atom stereocenters. The quantitative estimate of drug-likeness (QED) is 0.439. The zero-order valence-electron chi connectivity index (χ0n) is 18.4. The summed E-state index contributed by atoms with van der Waals surface area (Å²) in [6, 6.07) is 6.41. The first-order valence-electron chi connectivity index (χ1n) is 10.6. The molecule has 0 saturated carbocycles. The maximum Gasteiger partial charge on any atom is 0.253 e. The normalized spacial score (nSPS) is 15.8. The van der Waals surface area contributed by atoms with Crippen LogP contribution in [0.1, 0.15) is 28.8 Å². The van der Waals surface area contributed by atoms with Crippen LogP contribution in [-0.4, -0.2) is 49.4 Å². The van der Waals surface area contributed by atoms with Crippen LogP contribution in [0.25, 0.3) is 0 Å². The average molecular weight is 462 g/mol. The van der Waals surface area contributed by atoms with E-state index in [0.29, 0.717) is 17.5 Å². The van der Waals surface area contributed by atoms with E-state index in [0.717, 1.165) is 44.1 Å². The molecule has 0 aliphatic carbocycles. The number of hydrogen-bond acceptors (Lipinski definition) is 7. The van der Waals surface area contributed by atoms with E-state index in [4.69, 9.17) is 21.9 Å². The largest absolute Gasteiger partial charge is 0.495 e. The van der Waals surface area contributed by atoms with Crippen LogP contribution in [-0.2, 0) is 11.3 Å². The molecule has 1 heterocycles. The molecule has 1 fully saturated rings. The Balaban J connectivity index is 1.47. The zero-order valence-corrected chi connectivity index (χ0v) is 18.4. The number of ether oxygens (including phenoxy) is 1. The lowest BCUT2D eigenvalue weighted by molar-refractivity contribution is -0.120. The van der Waals surface area contributed by atoms with Crippen molar-refractivity contribution in [2.24, 2.45) is 11.7 Å². The molecule has 0 bridgehead atoms. The van der Waals surface area contributed by atoms with Crippen LogP contribution in [0, 0.1) is 17.6 Å². The number of amides is 1. The van der Waals surface area contributed by atoms with Crippen LogP contribution >= 0.6 is 0 Å². The fraction of sp³-hybridized carbons (Fsp3) is 0.391. The summed E-state index contributed by atoms with van der Waals surface area (Å²) in [4.78, 5) is 27.0. The number of likely N-dealkylation sites (tertiary alicyclic amines) is 1. The van der Waals surface area contributed by atoms with E-state index in [2.05, 4.69) is 10.2 Å². The number of methoxy groups -OCH3 is 1. The van der Waals surface area contributed by atoms with Gasteiger partial charge in [-0.05, 0) is 55.6 Å². The van der Waals surface area contributed by atoms with Gasteiger partial charge >= 0.3 is 0 Å². The Bertz CT molecular complexity index is 1030. The number of hydrogen-bond donors (Lipinski definition) is 4. The van der Waals surface area contributed by atoms with E-state index < -0.39 is 23.6 Å². The molecule has 8 nitrogen and oxygen atoms in total. The highest BCUT2D eigenvalue weighted by atomic mass is 19.2. The van der Waals surface area contributed by atoms with Gasteiger partial charge in [-0.25, -0.2) is 8.78 Å². The van der Waals surface area contributed by atoms with E-state index >= 15 is 0 Å².